The molecule has 0 bridgehead atoms. The maximum Gasteiger partial charge on any atom is 0.276 e. The summed E-state index contributed by atoms with van der Waals surface area (Å²) in [5.74, 6) is 0. The minimum absolute atomic E-state index is 0.241. The van der Waals surface area contributed by atoms with Crippen LogP contribution in [0.4, 0.5) is 11.4 Å². The van der Waals surface area contributed by atoms with Crippen molar-refractivity contribution in [2.45, 2.75) is 0 Å². The van der Waals surface area contributed by atoms with Crippen molar-refractivity contribution in [3.8, 4) is 0 Å². The van der Waals surface area contributed by atoms with Crippen LogP contribution in [0.2, 0.25) is 0 Å². The van der Waals surface area contributed by atoms with E-state index in [2.05, 4.69) is 35.6 Å². The van der Waals surface area contributed by atoms with Gasteiger partial charge in [0.1, 0.15) is 5.52 Å². The van der Waals surface area contributed by atoms with Crippen LogP contribution in [-0.4, -0.2) is 25.4 Å². The molecular weight excluding hydrogens is 366 g/mol. The molecule has 0 fully saturated rings. The monoisotopic (exact) mass is 381 g/mol. The molecule has 0 radical (unpaired) electrons. The number of benzene rings is 2. The van der Waals surface area contributed by atoms with E-state index < -0.39 is 0 Å². The number of pyridine rings is 1. The van der Waals surface area contributed by atoms with Crippen molar-refractivity contribution in [2.75, 3.05) is 0 Å². The fourth-order valence-electron chi connectivity index (χ4n) is 3.10. The van der Waals surface area contributed by atoms with Crippen LogP contribution in [0.5, 0.6) is 0 Å². The molecule has 0 aliphatic rings. The number of nitrogens with zero attached hydrogens (tertiary/aromatic N) is 4. The summed E-state index contributed by atoms with van der Waals surface area (Å²) in [6.07, 6.45) is 5.68. The summed E-state index contributed by atoms with van der Waals surface area (Å²) in [5, 5.41) is 18.9. The van der Waals surface area contributed by atoms with E-state index in [1.807, 2.05) is 66.7 Å². The molecule has 3 N–H and O–H groups in total. The van der Waals surface area contributed by atoms with Crippen LogP contribution in [0.1, 0.15) is 11.3 Å². The summed E-state index contributed by atoms with van der Waals surface area (Å²) in [7, 11) is 0. The number of aromatic nitrogens is 5. The summed E-state index contributed by atoms with van der Waals surface area (Å²) in [6, 6.07) is 17.0. The molecule has 0 unspecified atom stereocenters. The first-order valence-electron chi connectivity index (χ1n) is 8.96. The lowest BCUT2D eigenvalue weighted by atomic mass is 10.2. The second-order valence-electron chi connectivity index (χ2n) is 6.42. The van der Waals surface area contributed by atoms with Crippen LogP contribution in [0.15, 0.2) is 75.8 Å². The number of rotatable bonds is 4. The van der Waals surface area contributed by atoms with E-state index in [9.17, 15) is 4.79 Å². The highest BCUT2D eigenvalue weighted by atomic mass is 16.1. The van der Waals surface area contributed by atoms with Gasteiger partial charge in [-0.2, -0.15) is 10.2 Å². The molecule has 5 rings (SSSR count). The van der Waals surface area contributed by atoms with Gasteiger partial charge in [-0.1, -0.05) is 24.3 Å². The lowest BCUT2D eigenvalue weighted by Crippen LogP contribution is -1.95. The van der Waals surface area contributed by atoms with Gasteiger partial charge in [-0.25, -0.2) is 5.21 Å². The van der Waals surface area contributed by atoms with Crippen LogP contribution in [0.25, 0.3) is 34.1 Å². The van der Waals surface area contributed by atoms with Crippen LogP contribution in [-0.2, 0) is 0 Å². The van der Waals surface area contributed by atoms with Gasteiger partial charge in [0, 0.05) is 6.20 Å². The molecule has 3 heterocycles. The lowest BCUT2D eigenvalue weighted by molar-refractivity contribution is 0.960. The quantitative estimate of drug-likeness (QED) is 0.391. The van der Waals surface area contributed by atoms with Gasteiger partial charge < -0.3 is 4.98 Å². The molecule has 5 aromatic rings. The van der Waals surface area contributed by atoms with Crippen molar-refractivity contribution in [1.82, 2.24) is 25.4 Å². The number of hydrogen-bond acceptors (Lipinski definition) is 5. The number of fused-ring (bicyclic) bond motifs is 3. The number of nitrogens with one attached hydrogen (secondary N) is 3. The molecule has 29 heavy (non-hydrogen) atoms. The third kappa shape index (κ3) is 3.23. The van der Waals surface area contributed by atoms with Gasteiger partial charge >= 0.3 is 0 Å². The van der Waals surface area contributed by atoms with Crippen molar-refractivity contribution in [2.24, 2.45) is 10.2 Å². The maximum absolute atomic E-state index is 12.3. The maximum atomic E-state index is 12.3. The number of hydrogen-bond donors (Lipinski definition) is 3. The molecule has 0 atom stereocenters. The molecule has 2 aromatic carbocycles. The Kier molecular flexibility index (Phi) is 4.06. The van der Waals surface area contributed by atoms with Crippen molar-refractivity contribution in [1.29, 1.82) is 0 Å². The first-order chi connectivity index (χ1) is 14.3. The van der Waals surface area contributed by atoms with Crippen molar-refractivity contribution >= 4 is 45.5 Å². The van der Waals surface area contributed by atoms with E-state index in [1.165, 1.54) is 0 Å². The van der Waals surface area contributed by atoms with Gasteiger partial charge in [0.15, 0.2) is 5.69 Å². The van der Waals surface area contributed by atoms with Gasteiger partial charge in [-0.05, 0) is 48.0 Å². The van der Waals surface area contributed by atoms with Crippen molar-refractivity contribution in [3.05, 3.63) is 82.4 Å². The molecule has 140 valence electrons. The Balaban J connectivity index is 1.43. The predicted molar refractivity (Wildman–Crippen MR) is 112 cm³/mol. The minimum Gasteiger partial charge on any atom is -0.320 e. The Morgan fingerprint density at radius 1 is 0.897 bits per heavy atom. The van der Waals surface area contributed by atoms with E-state index in [1.54, 1.807) is 6.20 Å². The minimum atomic E-state index is -0.297. The van der Waals surface area contributed by atoms with Crippen molar-refractivity contribution < 1.29 is 0 Å². The largest absolute Gasteiger partial charge is 0.320 e. The van der Waals surface area contributed by atoms with Gasteiger partial charge in [0.05, 0.1) is 27.8 Å². The molecule has 0 saturated heterocycles. The Morgan fingerprint density at radius 2 is 1.76 bits per heavy atom. The standard InChI is InChI=1S/C21H15N7O/c29-21-20(18-16(23-21)10-11-17-19(18)27-28-25-17)26-24-15-8-5-13(6-9-15)4-7-14-3-1-2-12-22-14/h1-12,25,28H,(H,23,29). The Morgan fingerprint density at radius 3 is 2.59 bits per heavy atom. The molecule has 0 spiro atoms. The highest BCUT2D eigenvalue weighted by Crippen LogP contribution is 2.29. The van der Waals surface area contributed by atoms with Gasteiger partial charge in [0.25, 0.3) is 5.56 Å². The van der Waals surface area contributed by atoms with Gasteiger partial charge in [0.2, 0.25) is 0 Å². The summed E-state index contributed by atoms with van der Waals surface area (Å²) in [5.41, 5.74) is 4.60. The lowest BCUT2D eigenvalue weighted by Gasteiger charge is -1.96. The molecule has 0 saturated carbocycles. The highest BCUT2D eigenvalue weighted by Gasteiger charge is 2.14. The second kappa shape index (κ2) is 7.01. The molecule has 0 aliphatic carbocycles. The summed E-state index contributed by atoms with van der Waals surface area (Å²) in [4.78, 5) is 19.4. The van der Waals surface area contributed by atoms with E-state index >= 15 is 0 Å². The van der Waals surface area contributed by atoms with Crippen LogP contribution < -0.4 is 5.56 Å². The highest BCUT2D eigenvalue weighted by molar-refractivity contribution is 6.08. The number of azo groups is 1. The fourth-order valence-corrected chi connectivity index (χ4v) is 3.10. The van der Waals surface area contributed by atoms with Gasteiger partial charge in [-0.15, -0.1) is 5.11 Å². The summed E-state index contributed by atoms with van der Waals surface area (Å²) >= 11 is 0. The first kappa shape index (κ1) is 16.8. The molecule has 3 aromatic heterocycles. The summed E-state index contributed by atoms with van der Waals surface area (Å²) < 4.78 is 0. The topological polar surface area (TPSA) is 115 Å². The molecule has 8 heteroatoms. The third-order valence-corrected chi connectivity index (χ3v) is 4.53. The molecule has 8 nitrogen and oxygen atoms in total. The zero-order valence-electron chi connectivity index (χ0n) is 15.1. The normalized spacial score (nSPS) is 12.0. The Labute approximate surface area is 164 Å². The van der Waals surface area contributed by atoms with Crippen LogP contribution >= 0.6 is 0 Å². The second-order valence-corrected chi connectivity index (χ2v) is 6.42. The third-order valence-electron chi connectivity index (χ3n) is 4.53. The van der Waals surface area contributed by atoms with Crippen LogP contribution in [0.3, 0.4) is 0 Å². The molecular formula is C21H15N7O. The van der Waals surface area contributed by atoms with E-state index in [0.29, 0.717) is 22.1 Å². The van der Waals surface area contributed by atoms with Gasteiger partial charge in [-0.3, -0.25) is 14.9 Å². The zero-order chi connectivity index (χ0) is 19.6. The average Bonchev–Trinajstić information content (AvgIpc) is 3.35. The van der Waals surface area contributed by atoms with E-state index in [4.69, 9.17) is 0 Å². The average molecular weight is 381 g/mol. The van der Waals surface area contributed by atoms with Crippen LogP contribution in [0, 0.1) is 0 Å². The Bertz CT molecular complexity index is 1410. The molecule has 0 aliphatic heterocycles. The zero-order valence-corrected chi connectivity index (χ0v) is 15.1. The molecule has 0 amide bonds. The number of H-pyrrole nitrogens is 3. The van der Waals surface area contributed by atoms with Crippen molar-refractivity contribution in [3.63, 3.8) is 0 Å². The SMILES string of the molecule is O=c1[nH]c2ccc3[nH][nH]nc3c2c1N=Nc1ccc(C=Cc2ccccn2)cc1. The summed E-state index contributed by atoms with van der Waals surface area (Å²) in [6.45, 7) is 0. The first-order valence-corrected chi connectivity index (χ1v) is 8.96. The number of aromatic amines is 3. The smallest absolute Gasteiger partial charge is 0.276 e. The van der Waals surface area contributed by atoms with E-state index in [-0.39, 0.29) is 11.2 Å². The van der Waals surface area contributed by atoms with E-state index in [0.717, 1.165) is 16.8 Å². The fraction of sp³-hybridized carbons (Fsp3) is 0. The Hall–Kier alpha value is -4.33. The predicted octanol–water partition coefficient (Wildman–Crippen LogP) is 4.71.